The molecular formula is C23H28N4O2. The van der Waals surface area contributed by atoms with Crippen LogP contribution < -0.4 is 4.74 Å². The van der Waals surface area contributed by atoms with Crippen molar-refractivity contribution < 1.29 is 9.53 Å². The van der Waals surface area contributed by atoms with Gasteiger partial charge >= 0.3 is 0 Å². The molecule has 2 aliphatic heterocycles. The molecule has 0 aromatic heterocycles. The number of amidine groups is 1. The van der Waals surface area contributed by atoms with Crippen LogP contribution in [0.3, 0.4) is 0 Å². The predicted octanol–water partition coefficient (Wildman–Crippen LogP) is 2.10. The molecule has 2 aromatic rings. The molecule has 2 heterocycles. The lowest BCUT2D eigenvalue weighted by Gasteiger charge is -2.34. The fourth-order valence-corrected chi connectivity index (χ4v) is 3.80. The minimum Gasteiger partial charge on any atom is -0.484 e. The van der Waals surface area contributed by atoms with Crippen LogP contribution in [0.25, 0.3) is 0 Å². The quantitative estimate of drug-likeness (QED) is 0.756. The van der Waals surface area contributed by atoms with Crippen LogP contribution >= 0.6 is 0 Å². The molecule has 4 rings (SSSR count). The Morgan fingerprint density at radius 1 is 1.00 bits per heavy atom. The normalized spacial score (nSPS) is 17.3. The van der Waals surface area contributed by atoms with Crippen LogP contribution in [0, 0.1) is 0 Å². The number of ether oxygens (including phenoxy) is 1. The van der Waals surface area contributed by atoms with Gasteiger partial charge in [-0.25, -0.2) is 0 Å². The summed E-state index contributed by atoms with van der Waals surface area (Å²) < 4.78 is 5.80. The van der Waals surface area contributed by atoms with Crippen LogP contribution in [0.4, 0.5) is 0 Å². The number of rotatable bonds is 6. The van der Waals surface area contributed by atoms with Crippen LogP contribution in [0.1, 0.15) is 11.1 Å². The number of piperazine rings is 1. The predicted molar refractivity (Wildman–Crippen MR) is 114 cm³/mol. The number of hydrogen-bond acceptors (Lipinski definition) is 5. The van der Waals surface area contributed by atoms with Crippen molar-refractivity contribution in [3.63, 3.8) is 0 Å². The molecule has 0 aliphatic carbocycles. The number of nitrogens with zero attached hydrogens (tertiary/aromatic N) is 4. The molecule has 152 valence electrons. The Labute approximate surface area is 172 Å². The summed E-state index contributed by atoms with van der Waals surface area (Å²) in [6, 6.07) is 18.3. The van der Waals surface area contributed by atoms with E-state index in [0.29, 0.717) is 5.75 Å². The fourth-order valence-electron chi connectivity index (χ4n) is 3.80. The van der Waals surface area contributed by atoms with E-state index in [1.54, 1.807) is 0 Å². The van der Waals surface area contributed by atoms with Crippen molar-refractivity contribution >= 4 is 11.7 Å². The zero-order valence-corrected chi connectivity index (χ0v) is 17.0. The average Bonchev–Trinajstić information content (AvgIpc) is 3.19. The van der Waals surface area contributed by atoms with Gasteiger partial charge in [0, 0.05) is 51.9 Å². The Bertz CT molecular complexity index is 860. The molecule has 1 fully saturated rings. The van der Waals surface area contributed by atoms with E-state index in [9.17, 15) is 4.79 Å². The summed E-state index contributed by atoms with van der Waals surface area (Å²) >= 11 is 0. The zero-order chi connectivity index (χ0) is 20.1. The highest BCUT2D eigenvalue weighted by Crippen LogP contribution is 2.17. The van der Waals surface area contributed by atoms with E-state index in [1.807, 2.05) is 42.3 Å². The largest absolute Gasteiger partial charge is 0.484 e. The van der Waals surface area contributed by atoms with Crippen LogP contribution in [0.2, 0.25) is 0 Å². The highest BCUT2D eigenvalue weighted by molar-refractivity contribution is 5.99. The third kappa shape index (κ3) is 4.95. The summed E-state index contributed by atoms with van der Waals surface area (Å²) in [6.45, 7) is 6.05. The van der Waals surface area contributed by atoms with E-state index in [2.05, 4.69) is 39.1 Å². The van der Waals surface area contributed by atoms with E-state index < -0.39 is 0 Å². The maximum Gasteiger partial charge on any atom is 0.260 e. The molecule has 0 bridgehead atoms. The minimum absolute atomic E-state index is 0.0464. The average molecular weight is 393 g/mol. The lowest BCUT2D eigenvalue weighted by atomic mass is 10.2. The van der Waals surface area contributed by atoms with Gasteiger partial charge in [-0.2, -0.15) is 0 Å². The van der Waals surface area contributed by atoms with Crippen molar-refractivity contribution in [2.45, 2.75) is 6.54 Å². The molecule has 6 nitrogen and oxygen atoms in total. The van der Waals surface area contributed by atoms with Crippen molar-refractivity contribution in [2.24, 2.45) is 4.99 Å². The second-order valence-corrected chi connectivity index (χ2v) is 7.59. The molecule has 0 atom stereocenters. The number of carbonyl (C=O) groups is 1. The SMILES string of the molecule is CN1CCN=C1c1cccc(OCC(=O)N2CCN(Cc3ccccc3)CC2)c1. The summed E-state index contributed by atoms with van der Waals surface area (Å²) in [4.78, 5) is 23.6. The van der Waals surface area contributed by atoms with Gasteiger partial charge in [-0.05, 0) is 17.7 Å². The van der Waals surface area contributed by atoms with Gasteiger partial charge in [0.2, 0.25) is 0 Å². The number of carbonyl (C=O) groups excluding carboxylic acids is 1. The highest BCUT2D eigenvalue weighted by atomic mass is 16.5. The molecular weight excluding hydrogens is 364 g/mol. The summed E-state index contributed by atoms with van der Waals surface area (Å²) in [6.07, 6.45) is 0. The minimum atomic E-state index is 0.0464. The maximum atomic E-state index is 12.6. The van der Waals surface area contributed by atoms with Gasteiger partial charge in [0.05, 0.1) is 6.54 Å². The first kappa shape index (κ1) is 19.5. The second kappa shape index (κ2) is 9.09. The van der Waals surface area contributed by atoms with Gasteiger partial charge in [0.25, 0.3) is 5.91 Å². The monoisotopic (exact) mass is 392 g/mol. The van der Waals surface area contributed by atoms with Gasteiger partial charge in [0.15, 0.2) is 6.61 Å². The molecule has 2 aliphatic rings. The molecule has 2 aromatic carbocycles. The summed E-state index contributed by atoms with van der Waals surface area (Å²) in [5.41, 5.74) is 2.34. The van der Waals surface area contributed by atoms with Gasteiger partial charge in [0.1, 0.15) is 11.6 Å². The Balaban J connectivity index is 1.25. The van der Waals surface area contributed by atoms with E-state index in [-0.39, 0.29) is 12.5 Å². The van der Waals surface area contributed by atoms with E-state index in [0.717, 1.165) is 57.2 Å². The first-order chi connectivity index (χ1) is 14.2. The van der Waals surface area contributed by atoms with E-state index in [4.69, 9.17) is 4.74 Å². The number of likely N-dealkylation sites (N-methyl/N-ethyl adjacent to an activating group) is 1. The highest BCUT2D eigenvalue weighted by Gasteiger charge is 2.21. The molecule has 6 heteroatoms. The first-order valence-corrected chi connectivity index (χ1v) is 10.2. The van der Waals surface area contributed by atoms with Crippen LogP contribution in [0.15, 0.2) is 59.6 Å². The number of aliphatic imine (C=N–C) groups is 1. The Hall–Kier alpha value is -2.86. The second-order valence-electron chi connectivity index (χ2n) is 7.59. The smallest absolute Gasteiger partial charge is 0.260 e. The Kier molecular flexibility index (Phi) is 6.10. The molecule has 0 saturated carbocycles. The van der Waals surface area contributed by atoms with Crippen LogP contribution in [0.5, 0.6) is 5.75 Å². The Morgan fingerprint density at radius 3 is 2.52 bits per heavy atom. The van der Waals surface area contributed by atoms with Crippen molar-refractivity contribution in [1.29, 1.82) is 0 Å². The van der Waals surface area contributed by atoms with Crippen molar-refractivity contribution in [1.82, 2.24) is 14.7 Å². The molecule has 0 N–H and O–H groups in total. The summed E-state index contributed by atoms with van der Waals surface area (Å²) in [5, 5.41) is 0. The number of benzene rings is 2. The van der Waals surface area contributed by atoms with E-state index in [1.165, 1.54) is 5.56 Å². The number of hydrogen-bond donors (Lipinski definition) is 0. The first-order valence-electron chi connectivity index (χ1n) is 10.2. The van der Waals surface area contributed by atoms with Crippen LogP contribution in [-0.4, -0.2) is 79.4 Å². The fraction of sp³-hybridized carbons (Fsp3) is 0.391. The van der Waals surface area contributed by atoms with Crippen molar-refractivity contribution in [3.8, 4) is 5.75 Å². The third-order valence-corrected chi connectivity index (χ3v) is 5.49. The van der Waals surface area contributed by atoms with Gasteiger partial charge in [-0.1, -0.05) is 42.5 Å². The lowest BCUT2D eigenvalue weighted by molar-refractivity contribution is -0.135. The lowest BCUT2D eigenvalue weighted by Crippen LogP contribution is -2.49. The summed E-state index contributed by atoms with van der Waals surface area (Å²) in [5.74, 6) is 1.74. The molecule has 0 spiro atoms. The molecule has 1 saturated heterocycles. The van der Waals surface area contributed by atoms with Crippen LogP contribution in [-0.2, 0) is 11.3 Å². The molecule has 29 heavy (non-hydrogen) atoms. The third-order valence-electron chi connectivity index (χ3n) is 5.49. The summed E-state index contributed by atoms with van der Waals surface area (Å²) in [7, 11) is 2.04. The van der Waals surface area contributed by atoms with Crippen molar-refractivity contribution in [3.05, 3.63) is 65.7 Å². The van der Waals surface area contributed by atoms with Crippen molar-refractivity contribution in [2.75, 3.05) is 52.9 Å². The van der Waals surface area contributed by atoms with E-state index >= 15 is 0 Å². The Morgan fingerprint density at radius 2 is 1.79 bits per heavy atom. The van der Waals surface area contributed by atoms with Gasteiger partial charge in [-0.3, -0.25) is 14.7 Å². The zero-order valence-electron chi connectivity index (χ0n) is 17.0. The topological polar surface area (TPSA) is 48.4 Å². The van der Waals surface area contributed by atoms with Gasteiger partial charge in [-0.15, -0.1) is 0 Å². The molecule has 1 amide bonds. The molecule has 0 radical (unpaired) electrons. The maximum absolute atomic E-state index is 12.6. The van der Waals surface area contributed by atoms with Gasteiger partial charge < -0.3 is 14.5 Å². The number of amides is 1. The molecule has 0 unspecified atom stereocenters. The standard InChI is InChI=1S/C23H28N4O2/c1-25-11-10-24-23(25)20-8-5-9-21(16-20)29-18-22(28)27-14-12-26(13-15-27)17-19-6-3-2-4-7-19/h2-9,16H,10-15,17-18H2,1H3.